The summed E-state index contributed by atoms with van der Waals surface area (Å²) in [7, 11) is 0. The van der Waals surface area contributed by atoms with Crippen LogP contribution < -0.4 is 5.32 Å². The van der Waals surface area contributed by atoms with Crippen molar-refractivity contribution in [3.8, 4) is 0 Å². The number of ketones is 1. The molecule has 0 radical (unpaired) electrons. The third kappa shape index (κ3) is 3.77. The molecular weight excluding hydrogens is 282 g/mol. The third-order valence-corrected chi connectivity index (χ3v) is 3.77. The second-order valence-electron chi connectivity index (χ2n) is 3.98. The second kappa shape index (κ2) is 6.99. The molecule has 2 N–H and O–H groups in total. The minimum atomic E-state index is -1.26. The van der Waals surface area contributed by atoms with E-state index < -0.39 is 5.97 Å². The Kier molecular flexibility index (Phi) is 5.63. The number of amides is 1. The van der Waals surface area contributed by atoms with E-state index in [4.69, 9.17) is 5.11 Å². The molecule has 0 aliphatic rings. The zero-order valence-corrected chi connectivity index (χ0v) is 12.4. The maximum Gasteiger partial charge on any atom is 0.356 e. The average Bonchev–Trinajstić information content (AvgIpc) is 2.82. The first kappa shape index (κ1) is 16.1. The Morgan fingerprint density at radius 2 is 1.90 bits per heavy atom. The zero-order valence-electron chi connectivity index (χ0n) is 11.6. The van der Waals surface area contributed by atoms with E-state index in [0.717, 1.165) is 11.3 Å². The van der Waals surface area contributed by atoms with Gasteiger partial charge in [0.1, 0.15) is 4.88 Å². The first-order chi connectivity index (χ1) is 9.40. The van der Waals surface area contributed by atoms with Gasteiger partial charge in [-0.25, -0.2) is 9.78 Å². The maximum atomic E-state index is 11.8. The quantitative estimate of drug-likeness (QED) is 0.737. The molecule has 110 valence electrons. The number of nitrogens with zero attached hydrogens (tertiary/aromatic N) is 2. The van der Waals surface area contributed by atoms with E-state index in [9.17, 15) is 14.4 Å². The summed E-state index contributed by atoms with van der Waals surface area (Å²) in [6, 6.07) is 0. The molecular formula is C12H17N3O4S. The van der Waals surface area contributed by atoms with Crippen LogP contribution in [0.25, 0.3) is 0 Å². The van der Waals surface area contributed by atoms with Crippen molar-refractivity contribution in [1.29, 1.82) is 0 Å². The smallest absolute Gasteiger partial charge is 0.356 e. The molecule has 0 spiro atoms. The topological polar surface area (TPSA) is 99.6 Å². The Morgan fingerprint density at radius 1 is 1.30 bits per heavy atom. The van der Waals surface area contributed by atoms with Crippen molar-refractivity contribution in [2.75, 3.05) is 25.0 Å². The number of likely N-dealkylation sites (N-methyl/N-ethyl adjacent to an activating group) is 1. The van der Waals surface area contributed by atoms with Gasteiger partial charge in [-0.2, -0.15) is 0 Å². The molecule has 0 aromatic carbocycles. The molecule has 7 nitrogen and oxygen atoms in total. The summed E-state index contributed by atoms with van der Waals surface area (Å²) in [5.74, 6) is -1.72. The van der Waals surface area contributed by atoms with Crippen molar-refractivity contribution in [1.82, 2.24) is 9.88 Å². The van der Waals surface area contributed by atoms with Crippen LogP contribution in [0.4, 0.5) is 5.13 Å². The predicted molar refractivity (Wildman–Crippen MR) is 75.5 cm³/mol. The highest BCUT2D eigenvalue weighted by atomic mass is 32.1. The van der Waals surface area contributed by atoms with Crippen LogP contribution in [0.3, 0.4) is 0 Å². The van der Waals surface area contributed by atoms with Gasteiger partial charge in [0.2, 0.25) is 5.91 Å². The van der Waals surface area contributed by atoms with E-state index >= 15 is 0 Å². The molecule has 1 heterocycles. The van der Waals surface area contributed by atoms with Crippen LogP contribution in [0.1, 0.15) is 40.9 Å². The fraction of sp³-hybridized carbons (Fsp3) is 0.500. The van der Waals surface area contributed by atoms with Gasteiger partial charge in [-0.15, -0.1) is 0 Å². The number of aromatic carboxylic acids is 1. The van der Waals surface area contributed by atoms with Crippen molar-refractivity contribution >= 4 is 34.1 Å². The summed E-state index contributed by atoms with van der Waals surface area (Å²) in [5.41, 5.74) is -0.278. The number of thiazole rings is 1. The fourth-order valence-electron chi connectivity index (χ4n) is 1.62. The Hall–Kier alpha value is -1.96. The molecule has 0 unspecified atom stereocenters. The largest absolute Gasteiger partial charge is 0.476 e. The first-order valence-corrected chi connectivity index (χ1v) is 6.99. The Bertz CT molecular complexity index is 491. The van der Waals surface area contributed by atoms with Crippen LogP contribution in [0.15, 0.2) is 0 Å². The molecule has 1 aromatic rings. The monoisotopic (exact) mass is 299 g/mol. The number of aromatic nitrogens is 1. The molecule has 20 heavy (non-hydrogen) atoms. The number of rotatable bonds is 7. The summed E-state index contributed by atoms with van der Waals surface area (Å²) in [4.78, 5) is 39.6. The van der Waals surface area contributed by atoms with E-state index in [1.807, 2.05) is 13.8 Å². The van der Waals surface area contributed by atoms with Gasteiger partial charge in [-0.05, 0) is 13.8 Å². The summed E-state index contributed by atoms with van der Waals surface area (Å²) in [5, 5.41) is 12.0. The number of nitrogens with one attached hydrogen (secondary N) is 1. The van der Waals surface area contributed by atoms with Crippen LogP contribution in [-0.2, 0) is 4.79 Å². The van der Waals surface area contributed by atoms with Crippen molar-refractivity contribution < 1.29 is 19.5 Å². The molecule has 0 atom stereocenters. The predicted octanol–water partition coefficient (Wildman–Crippen LogP) is 1.32. The van der Waals surface area contributed by atoms with E-state index in [1.165, 1.54) is 6.92 Å². The van der Waals surface area contributed by atoms with Gasteiger partial charge in [0.05, 0.1) is 6.54 Å². The molecule has 1 aromatic heterocycles. The molecule has 0 saturated carbocycles. The van der Waals surface area contributed by atoms with Crippen molar-refractivity contribution in [3.05, 3.63) is 10.6 Å². The van der Waals surface area contributed by atoms with Gasteiger partial charge in [-0.1, -0.05) is 11.3 Å². The Labute approximate surface area is 120 Å². The van der Waals surface area contributed by atoms with Crippen LogP contribution in [0.2, 0.25) is 0 Å². The van der Waals surface area contributed by atoms with Crippen molar-refractivity contribution in [2.24, 2.45) is 0 Å². The Balaban J connectivity index is 2.79. The normalized spacial score (nSPS) is 10.2. The SMILES string of the molecule is CCN(CC)C(=O)CNc1nc(C(=O)O)c(C(C)=O)s1. The molecule has 0 aliphatic heterocycles. The van der Waals surface area contributed by atoms with Gasteiger partial charge in [0.25, 0.3) is 0 Å². The van der Waals surface area contributed by atoms with Crippen molar-refractivity contribution in [3.63, 3.8) is 0 Å². The zero-order chi connectivity index (χ0) is 15.3. The second-order valence-corrected chi connectivity index (χ2v) is 4.98. The minimum Gasteiger partial charge on any atom is -0.476 e. The highest BCUT2D eigenvalue weighted by molar-refractivity contribution is 7.17. The van der Waals surface area contributed by atoms with Gasteiger partial charge in [0.15, 0.2) is 16.6 Å². The molecule has 0 bridgehead atoms. The summed E-state index contributed by atoms with van der Waals surface area (Å²) in [6.45, 7) is 6.26. The first-order valence-electron chi connectivity index (χ1n) is 6.17. The lowest BCUT2D eigenvalue weighted by Crippen LogP contribution is -2.35. The lowest BCUT2D eigenvalue weighted by atomic mass is 10.3. The molecule has 0 aliphatic carbocycles. The third-order valence-electron chi connectivity index (χ3n) is 2.66. The average molecular weight is 299 g/mol. The van der Waals surface area contributed by atoms with Gasteiger partial charge in [0, 0.05) is 20.0 Å². The maximum absolute atomic E-state index is 11.8. The van der Waals surface area contributed by atoms with Gasteiger partial charge < -0.3 is 15.3 Å². The van der Waals surface area contributed by atoms with E-state index in [0.29, 0.717) is 13.1 Å². The lowest BCUT2D eigenvalue weighted by molar-refractivity contribution is -0.128. The summed E-state index contributed by atoms with van der Waals surface area (Å²) in [6.07, 6.45) is 0. The molecule has 0 fully saturated rings. The number of carbonyl (C=O) groups excluding carboxylic acids is 2. The van der Waals surface area contributed by atoms with Crippen LogP contribution >= 0.6 is 11.3 Å². The van der Waals surface area contributed by atoms with E-state index in [-0.39, 0.29) is 33.9 Å². The minimum absolute atomic E-state index is 0.0194. The van der Waals surface area contributed by atoms with Crippen molar-refractivity contribution in [2.45, 2.75) is 20.8 Å². The van der Waals surface area contributed by atoms with Crippen LogP contribution in [0.5, 0.6) is 0 Å². The fourth-order valence-corrected chi connectivity index (χ4v) is 2.47. The van der Waals surface area contributed by atoms with Gasteiger partial charge >= 0.3 is 5.97 Å². The number of hydrogen-bond donors (Lipinski definition) is 2. The van der Waals surface area contributed by atoms with E-state index in [2.05, 4.69) is 10.3 Å². The number of carboxylic acids is 1. The highest BCUT2D eigenvalue weighted by Crippen LogP contribution is 2.23. The Morgan fingerprint density at radius 3 is 2.30 bits per heavy atom. The lowest BCUT2D eigenvalue weighted by Gasteiger charge is -2.18. The highest BCUT2D eigenvalue weighted by Gasteiger charge is 2.21. The van der Waals surface area contributed by atoms with E-state index in [1.54, 1.807) is 4.90 Å². The number of Topliss-reactive ketones (excluding diaryl/α,β-unsaturated/α-hetero) is 1. The number of hydrogen-bond acceptors (Lipinski definition) is 6. The molecule has 0 saturated heterocycles. The van der Waals surface area contributed by atoms with Crippen LogP contribution in [0, 0.1) is 0 Å². The molecule has 8 heteroatoms. The van der Waals surface area contributed by atoms with Crippen LogP contribution in [-0.4, -0.2) is 52.3 Å². The number of anilines is 1. The van der Waals surface area contributed by atoms with Gasteiger partial charge in [-0.3, -0.25) is 9.59 Å². The number of carboxylic acid groups (broad SMARTS) is 1. The summed E-state index contributed by atoms with van der Waals surface area (Å²) >= 11 is 0.941. The number of carbonyl (C=O) groups is 3. The molecule has 1 rings (SSSR count). The standard InChI is InChI=1S/C12H17N3O4S/c1-4-15(5-2)8(17)6-13-12-14-9(11(18)19)10(20-12)7(3)16/h4-6H2,1-3H3,(H,13,14)(H,18,19). The summed E-state index contributed by atoms with van der Waals surface area (Å²) < 4.78 is 0. The molecule has 1 amide bonds.